The molecule has 6 aliphatic rings. The second-order valence-corrected chi connectivity index (χ2v) is 6.92. The fourth-order valence-electron chi connectivity index (χ4n) is 5.23. The second-order valence-electron chi connectivity index (χ2n) is 6.92. The van der Waals surface area contributed by atoms with E-state index in [1.165, 1.54) is 37.9 Å². The molecular weight excluding hydrogens is 244 g/mol. The topological polar surface area (TPSA) is 8.17 Å². The number of anilines is 1. The monoisotopic (exact) mass is 264 g/mol. The van der Waals surface area contributed by atoms with Crippen molar-refractivity contribution in [2.45, 2.75) is 36.6 Å². The van der Waals surface area contributed by atoms with Gasteiger partial charge in [-0.2, -0.15) is 0 Å². The molecule has 0 atom stereocenters. The van der Waals surface area contributed by atoms with Crippen molar-refractivity contribution >= 4 is 5.69 Å². The number of aryl methyl sites for hydroxylation is 1. The Bertz CT molecular complexity index is 675. The number of rotatable bonds is 1. The van der Waals surface area contributed by atoms with Crippen molar-refractivity contribution in [3.05, 3.63) is 53.9 Å². The number of piperidine rings is 2. The van der Waals surface area contributed by atoms with Crippen LogP contribution in [0.1, 0.15) is 36.9 Å². The van der Waals surface area contributed by atoms with Gasteiger partial charge < -0.3 is 9.47 Å². The molecule has 2 nitrogen and oxygen atoms in total. The summed E-state index contributed by atoms with van der Waals surface area (Å²) in [4.78, 5) is 2.71. The Hall–Kier alpha value is -1.70. The first-order valence-electron chi connectivity index (χ1n) is 7.74. The maximum absolute atomic E-state index is 2.71. The Kier molecular flexibility index (Phi) is 1.82. The highest BCUT2D eigenvalue weighted by Crippen LogP contribution is 2.63. The molecule has 2 aromatic rings. The molecule has 20 heavy (non-hydrogen) atoms. The zero-order valence-corrected chi connectivity index (χ0v) is 12.0. The van der Waals surface area contributed by atoms with Gasteiger partial charge in [0.15, 0.2) is 0 Å². The van der Waals surface area contributed by atoms with Gasteiger partial charge in [0.05, 0.1) is 5.54 Å². The Morgan fingerprint density at radius 1 is 0.950 bits per heavy atom. The molecular formula is C18H20N2. The van der Waals surface area contributed by atoms with Crippen LogP contribution >= 0.6 is 0 Å². The van der Waals surface area contributed by atoms with Crippen LogP contribution in [0.5, 0.6) is 0 Å². The van der Waals surface area contributed by atoms with E-state index in [0.717, 1.165) is 0 Å². The van der Waals surface area contributed by atoms with Crippen molar-refractivity contribution in [3.63, 3.8) is 0 Å². The highest BCUT2D eigenvalue weighted by atomic mass is 15.3. The Balaban J connectivity index is 1.77. The molecule has 1 aromatic heterocycles. The van der Waals surface area contributed by atoms with E-state index in [2.05, 4.69) is 59.1 Å². The van der Waals surface area contributed by atoms with Crippen molar-refractivity contribution in [1.82, 2.24) is 4.57 Å². The molecule has 0 amide bonds. The van der Waals surface area contributed by atoms with E-state index in [4.69, 9.17) is 0 Å². The van der Waals surface area contributed by atoms with E-state index in [0.29, 0.717) is 5.41 Å². The fourth-order valence-corrected chi connectivity index (χ4v) is 5.23. The van der Waals surface area contributed by atoms with Crippen molar-refractivity contribution in [2.75, 3.05) is 11.4 Å². The first kappa shape index (κ1) is 11.0. The predicted octanol–water partition coefficient (Wildman–Crippen LogP) is 3.57. The normalized spacial score (nSPS) is 33.5. The van der Waals surface area contributed by atoms with Gasteiger partial charge in [-0.1, -0.05) is 18.2 Å². The van der Waals surface area contributed by atoms with Crippen LogP contribution in [-0.4, -0.2) is 11.1 Å². The smallest absolute Gasteiger partial charge is 0.0807 e. The third-order valence-corrected chi connectivity index (χ3v) is 6.16. The number of hydrogen-bond acceptors (Lipinski definition) is 1. The molecule has 102 valence electrons. The lowest BCUT2D eigenvalue weighted by molar-refractivity contribution is 0.0874. The largest absolute Gasteiger partial charge is 0.359 e. The average Bonchev–Trinajstić information content (AvgIpc) is 2.95. The molecule has 3 fully saturated rings. The fraction of sp³-hybridized carbons (Fsp3) is 0.444. The number of nitrogens with zero attached hydrogens (tertiary/aromatic N) is 2. The quantitative estimate of drug-likeness (QED) is 0.764. The molecule has 0 radical (unpaired) electrons. The standard InChI is InChI=1S/C18H20N2/c1-19-12-7-15-16(19)18-10-8-17(15,9-11-18)13-20(18)14-5-3-2-4-6-14/h2-7,12H,8-11,13H2,1H3. The molecule has 0 unspecified atom stereocenters. The summed E-state index contributed by atoms with van der Waals surface area (Å²) in [7, 11) is 2.23. The van der Waals surface area contributed by atoms with E-state index < -0.39 is 0 Å². The van der Waals surface area contributed by atoms with Crippen LogP contribution in [0.2, 0.25) is 0 Å². The van der Waals surface area contributed by atoms with Gasteiger partial charge in [0, 0.05) is 36.6 Å². The summed E-state index contributed by atoms with van der Waals surface area (Å²) in [5.74, 6) is 0. The van der Waals surface area contributed by atoms with Gasteiger partial charge in [0.1, 0.15) is 0 Å². The molecule has 3 aliphatic heterocycles. The van der Waals surface area contributed by atoms with Gasteiger partial charge >= 0.3 is 0 Å². The third-order valence-electron chi connectivity index (χ3n) is 6.16. The lowest BCUT2D eigenvalue weighted by Gasteiger charge is -2.66. The summed E-state index contributed by atoms with van der Waals surface area (Å²) in [6.45, 7) is 1.22. The van der Waals surface area contributed by atoms with Gasteiger partial charge in [-0.15, -0.1) is 0 Å². The summed E-state index contributed by atoms with van der Waals surface area (Å²) in [5, 5.41) is 0. The summed E-state index contributed by atoms with van der Waals surface area (Å²) in [5.41, 5.74) is 5.35. The van der Waals surface area contributed by atoms with E-state index in [1.54, 1.807) is 11.3 Å². The van der Waals surface area contributed by atoms with Gasteiger partial charge in [-0.25, -0.2) is 0 Å². The van der Waals surface area contributed by atoms with E-state index in [-0.39, 0.29) is 5.54 Å². The van der Waals surface area contributed by atoms with Crippen molar-refractivity contribution in [3.8, 4) is 0 Å². The highest BCUT2D eigenvalue weighted by molar-refractivity contribution is 5.60. The van der Waals surface area contributed by atoms with Crippen LogP contribution in [0.15, 0.2) is 42.6 Å². The van der Waals surface area contributed by atoms with Gasteiger partial charge in [0.2, 0.25) is 0 Å². The number of benzene rings is 1. The summed E-state index contributed by atoms with van der Waals surface area (Å²) in [6, 6.07) is 13.4. The van der Waals surface area contributed by atoms with E-state index >= 15 is 0 Å². The van der Waals surface area contributed by atoms with Gasteiger partial charge in [-0.3, -0.25) is 0 Å². The van der Waals surface area contributed by atoms with Gasteiger partial charge in [0.25, 0.3) is 0 Å². The average molecular weight is 264 g/mol. The first-order valence-corrected chi connectivity index (χ1v) is 7.74. The molecule has 0 spiro atoms. The predicted molar refractivity (Wildman–Crippen MR) is 81.0 cm³/mol. The maximum Gasteiger partial charge on any atom is 0.0807 e. The van der Waals surface area contributed by atoms with Crippen molar-refractivity contribution < 1.29 is 0 Å². The summed E-state index contributed by atoms with van der Waals surface area (Å²) >= 11 is 0. The molecule has 1 aromatic carbocycles. The minimum atomic E-state index is 0.259. The van der Waals surface area contributed by atoms with Crippen LogP contribution in [0.25, 0.3) is 0 Å². The zero-order chi connectivity index (χ0) is 13.4. The van der Waals surface area contributed by atoms with Crippen molar-refractivity contribution in [1.29, 1.82) is 0 Å². The van der Waals surface area contributed by atoms with Crippen LogP contribution < -0.4 is 4.90 Å². The maximum atomic E-state index is 2.71. The van der Waals surface area contributed by atoms with Crippen LogP contribution in [0.3, 0.4) is 0 Å². The highest BCUT2D eigenvalue weighted by Gasteiger charge is 2.62. The Labute approximate surface area is 120 Å². The number of hydrogen-bond donors (Lipinski definition) is 0. The molecule has 3 aliphatic carbocycles. The second kappa shape index (κ2) is 3.30. The van der Waals surface area contributed by atoms with E-state index in [1.807, 2.05) is 0 Å². The Morgan fingerprint density at radius 3 is 2.45 bits per heavy atom. The first-order chi connectivity index (χ1) is 9.75. The number of para-hydroxylation sites is 1. The summed E-state index contributed by atoms with van der Waals surface area (Å²) < 4.78 is 2.39. The van der Waals surface area contributed by atoms with Gasteiger partial charge in [-0.05, 0) is 49.4 Å². The Morgan fingerprint density at radius 2 is 1.70 bits per heavy atom. The molecule has 2 saturated heterocycles. The number of aromatic nitrogens is 1. The molecule has 2 heteroatoms. The minimum absolute atomic E-state index is 0.259. The molecule has 4 heterocycles. The van der Waals surface area contributed by atoms with Crippen molar-refractivity contribution in [2.24, 2.45) is 7.05 Å². The molecule has 2 bridgehead atoms. The van der Waals surface area contributed by atoms with E-state index in [9.17, 15) is 0 Å². The third kappa shape index (κ3) is 1.05. The van der Waals surface area contributed by atoms with Crippen LogP contribution in [-0.2, 0) is 18.0 Å². The zero-order valence-electron chi connectivity index (χ0n) is 12.0. The lowest BCUT2D eigenvalue weighted by atomic mass is 9.51. The van der Waals surface area contributed by atoms with Crippen LogP contribution in [0, 0.1) is 0 Å². The van der Waals surface area contributed by atoms with Crippen LogP contribution in [0.4, 0.5) is 5.69 Å². The molecule has 8 rings (SSSR count). The molecule has 0 N–H and O–H groups in total. The minimum Gasteiger partial charge on any atom is -0.359 e. The lowest BCUT2D eigenvalue weighted by Crippen LogP contribution is -2.67. The SMILES string of the molecule is Cn1ccc2c1C13CCC2(CC1)CN3c1ccccc1. The molecule has 1 saturated carbocycles. The summed E-state index contributed by atoms with van der Waals surface area (Å²) in [6.07, 6.45) is 7.69.